The third-order valence-corrected chi connectivity index (χ3v) is 3.39. The number of benzene rings is 1. The van der Waals surface area contributed by atoms with Gasteiger partial charge in [0.2, 0.25) is 5.91 Å². The van der Waals surface area contributed by atoms with Crippen molar-refractivity contribution in [2.45, 2.75) is 19.8 Å². The van der Waals surface area contributed by atoms with E-state index < -0.39 is 0 Å². The van der Waals surface area contributed by atoms with E-state index in [1.807, 2.05) is 25.1 Å². The van der Waals surface area contributed by atoms with Gasteiger partial charge in [-0.25, -0.2) is 4.79 Å². The minimum Gasteiger partial charge on any atom is -0.356 e. The van der Waals surface area contributed by atoms with Crippen molar-refractivity contribution in [1.29, 1.82) is 0 Å². The number of carbonyl (C=O) groups excluding carboxylic acids is 1. The molecule has 0 radical (unpaired) electrons. The van der Waals surface area contributed by atoms with E-state index in [-0.39, 0.29) is 11.6 Å². The highest BCUT2D eigenvalue weighted by Crippen LogP contribution is 2.14. The molecule has 0 aliphatic carbocycles. The fourth-order valence-electron chi connectivity index (χ4n) is 2.18. The van der Waals surface area contributed by atoms with Crippen LogP contribution in [0, 0.1) is 0 Å². The normalized spacial score (nSPS) is 10.9. The zero-order valence-electron chi connectivity index (χ0n) is 11.6. The second-order valence-corrected chi connectivity index (χ2v) is 4.68. The van der Waals surface area contributed by atoms with E-state index in [0.29, 0.717) is 13.0 Å². The minimum absolute atomic E-state index is 0.0218. The molecule has 1 aromatic heterocycles. The molecule has 0 aliphatic heterocycles. The lowest BCUT2D eigenvalue weighted by atomic mass is 10.1. The lowest BCUT2D eigenvalue weighted by molar-refractivity contribution is -0.120. The molecule has 1 amide bonds. The van der Waals surface area contributed by atoms with Gasteiger partial charge in [-0.2, -0.15) is 0 Å². The van der Waals surface area contributed by atoms with E-state index in [1.165, 1.54) is 0 Å². The number of nitrogens with one attached hydrogen (secondary N) is 1. The number of fused-ring (bicyclic) bond motifs is 1. The topological polar surface area (TPSA) is 56.0 Å². The largest absolute Gasteiger partial charge is 0.356 e. The number of nitrogens with zero attached hydrogens (tertiary/aromatic N) is 2. The van der Waals surface area contributed by atoms with Crippen LogP contribution in [0.5, 0.6) is 0 Å². The van der Waals surface area contributed by atoms with Crippen molar-refractivity contribution in [3.8, 4) is 0 Å². The van der Waals surface area contributed by atoms with Gasteiger partial charge in [-0.15, -0.1) is 0 Å². The molecule has 0 spiro atoms. The Morgan fingerprint density at radius 1 is 1.21 bits per heavy atom. The van der Waals surface area contributed by atoms with Crippen LogP contribution in [0.15, 0.2) is 23.0 Å². The molecule has 2 aromatic rings. The molecule has 0 unspecified atom stereocenters. The molecule has 5 nitrogen and oxygen atoms in total. The summed E-state index contributed by atoms with van der Waals surface area (Å²) in [5.41, 5.74) is 2.94. The van der Waals surface area contributed by atoms with E-state index in [4.69, 9.17) is 0 Å². The smallest absolute Gasteiger partial charge is 0.328 e. The number of imidazole rings is 1. The van der Waals surface area contributed by atoms with Crippen molar-refractivity contribution >= 4 is 16.9 Å². The molecule has 5 heteroatoms. The highest BCUT2D eigenvalue weighted by atomic mass is 16.2. The van der Waals surface area contributed by atoms with Gasteiger partial charge in [0.05, 0.1) is 11.0 Å². The summed E-state index contributed by atoms with van der Waals surface area (Å²) in [6.07, 6.45) is 1.27. The van der Waals surface area contributed by atoms with Crippen LogP contribution in [-0.2, 0) is 25.3 Å². The molecule has 0 saturated carbocycles. The first-order valence-corrected chi connectivity index (χ1v) is 6.45. The Labute approximate surface area is 111 Å². The summed E-state index contributed by atoms with van der Waals surface area (Å²) in [5, 5.41) is 2.85. The fourth-order valence-corrected chi connectivity index (χ4v) is 2.18. The van der Waals surface area contributed by atoms with Gasteiger partial charge in [-0.1, -0.05) is 13.0 Å². The van der Waals surface area contributed by atoms with Crippen LogP contribution in [0.3, 0.4) is 0 Å². The zero-order chi connectivity index (χ0) is 14.0. The van der Waals surface area contributed by atoms with Gasteiger partial charge in [-0.05, 0) is 24.1 Å². The maximum atomic E-state index is 11.8. The molecule has 1 heterocycles. The highest BCUT2D eigenvalue weighted by Gasteiger charge is 2.08. The Morgan fingerprint density at radius 2 is 1.89 bits per heavy atom. The van der Waals surface area contributed by atoms with Gasteiger partial charge in [-0.3, -0.25) is 13.9 Å². The minimum atomic E-state index is -0.0218. The summed E-state index contributed by atoms with van der Waals surface area (Å²) in [7, 11) is 3.54. The van der Waals surface area contributed by atoms with Crippen LogP contribution >= 0.6 is 0 Å². The summed E-state index contributed by atoms with van der Waals surface area (Å²) < 4.78 is 3.28. The van der Waals surface area contributed by atoms with Crippen molar-refractivity contribution in [2.24, 2.45) is 14.1 Å². The number of aryl methyl sites for hydroxylation is 2. The second kappa shape index (κ2) is 5.30. The third kappa shape index (κ3) is 2.54. The molecule has 0 aliphatic rings. The van der Waals surface area contributed by atoms with Gasteiger partial charge in [0.15, 0.2) is 0 Å². The maximum absolute atomic E-state index is 11.8. The molecule has 0 atom stereocenters. The summed E-state index contributed by atoms with van der Waals surface area (Å²) in [6.45, 7) is 2.46. The Kier molecular flexibility index (Phi) is 3.74. The fraction of sp³-hybridized carbons (Fsp3) is 0.429. The lowest BCUT2D eigenvalue weighted by Gasteiger charge is -2.04. The van der Waals surface area contributed by atoms with Crippen LogP contribution < -0.4 is 11.0 Å². The predicted octanol–water partition coefficient (Wildman–Crippen LogP) is 0.946. The van der Waals surface area contributed by atoms with Crippen molar-refractivity contribution < 1.29 is 4.79 Å². The molecule has 19 heavy (non-hydrogen) atoms. The third-order valence-electron chi connectivity index (χ3n) is 3.39. The number of carbonyl (C=O) groups is 1. The summed E-state index contributed by atoms with van der Waals surface area (Å²) in [5.74, 6) is 0.0631. The Morgan fingerprint density at radius 3 is 2.58 bits per heavy atom. The van der Waals surface area contributed by atoms with Gasteiger partial charge in [0, 0.05) is 27.1 Å². The number of hydrogen-bond donors (Lipinski definition) is 1. The van der Waals surface area contributed by atoms with Crippen LogP contribution in [0.2, 0.25) is 0 Å². The number of hydrogen-bond acceptors (Lipinski definition) is 2. The number of amides is 1. The first kappa shape index (κ1) is 13.4. The molecular formula is C14H19N3O2. The van der Waals surface area contributed by atoms with Gasteiger partial charge in [0.25, 0.3) is 0 Å². The quantitative estimate of drug-likeness (QED) is 0.890. The van der Waals surface area contributed by atoms with Gasteiger partial charge >= 0.3 is 5.69 Å². The van der Waals surface area contributed by atoms with Crippen LogP contribution in [0.25, 0.3) is 11.0 Å². The van der Waals surface area contributed by atoms with Crippen LogP contribution in [0.1, 0.15) is 18.9 Å². The van der Waals surface area contributed by atoms with E-state index in [2.05, 4.69) is 5.32 Å². The van der Waals surface area contributed by atoms with E-state index in [9.17, 15) is 9.59 Å². The second-order valence-electron chi connectivity index (χ2n) is 4.68. The zero-order valence-corrected chi connectivity index (χ0v) is 11.6. The average Bonchev–Trinajstić information content (AvgIpc) is 2.63. The number of aromatic nitrogens is 2. The maximum Gasteiger partial charge on any atom is 0.328 e. The molecule has 1 aromatic carbocycles. The average molecular weight is 261 g/mol. The Balaban J connectivity index is 2.20. The first-order chi connectivity index (χ1) is 9.04. The summed E-state index contributed by atoms with van der Waals surface area (Å²) in [4.78, 5) is 23.0. The molecule has 0 saturated heterocycles. The monoisotopic (exact) mass is 261 g/mol. The molecule has 102 valence electrons. The molecule has 1 N–H and O–H groups in total. The predicted molar refractivity (Wildman–Crippen MR) is 75.2 cm³/mol. The van der Waals surface area contributed by atoms with Crippen molar-refractivity contribution in [2.75, 3.05) is 6.54 Å². The SMILES string of the molecule is CCC(=O)NCCc1ccc2c(c1)n(C)c(=O)n2C. The summed E-state index contributed by atoms with van der Waals surface area (Å²) in [6, 6.07) is 5.96. The van der Waals surface area contributed by atoms with Crippen LogP contribution in [0.4, 0.5) is 0 Å². The van der Waals surface area contributed by atoms with Crippen molar-refractivity contribution in [1.82, 2.24) is 14.5 Å². The summed E-state index contributed by atoms with van der Waals surface area (Å²) >= 11 is 0. The van der Waals surface area contributed by atoms with E-state index in [0.717, 1.165) is 23.0 Å². The first-order valence-electron chi connectivity index (χ1n) is 6.45. The van der Waals surface area contributed by atoms with Gasteiger partial charge < -0.3 is 5.32 Å². The van der Waals surface area contributed by atoms with Crippen molar-refractivity contribution in [3.05, 3.63) is 34.2 Å². The molecule has 0 fully saturated rings. The Hall–Kier alpha value is -2.04. The number of rotatable bonds is 4. The molecule has 2 rings (SSSR count). The van der Waals surface area contributed by atoms with E-state index >= 15 is 0 Å². The van der Waals surface area contributed by atoms with Crippen LogP contribution in [-0.4, -0.2) is 21.6 Å². The lowest BCUT2D eigenvalue weighted by Crippen LogP contribution is -2.24. The van der Waals surface area contributed by atoms with Gasteiger partial charge in [0.1, 0.15) is 0 Å². The Bertz CT molecular complexity index is 667. The highest BCUT2D eigenvalue weighted by molar-refractivity contribution is 5.77. The molecular weight excluding hydrogens is 242 g/mol. The van der Waals surface area contributed by atoms with E-state index in [1.54, 1.807) is 23.2 Å². The molecule has 0 bridgehead atoms. The van der Waals surface area contributed by atoms with Crippen molar-refractivity contribution in [3.63, 3.8) is 0 Å². The standard InChI is InChI=1S/C14H19N3O2/c1-4-13(18)15-8-7-10-5-6-11-12(9-10)17(3)14(19)16(11)2/h5-6,9H,4,7-8H2,1-3H3,(H,15,18).